The Morgan fingerprint density at radius 3 is 2.71 bits per heavy atom. The third kappa shape index (κ3) is 3.90. The average molecular weight is 384 g/mol. The van der Waals surface area contributed by atoms with Crippen molar-refractivity contribution in [3.8, 4) is 11.5 Å². The molecule has 2 N–H and O–H groups in total. The van der Waals surface area contributed by atoms with E-state index in [9.17, 15) is 14.4 Å². The van der Waals surface area contributed by atoms with Crippen molar-refractivity contribution in [3.63, 3.8) is 0 Å². The van der Waals surface area contributed by atoms with E-state index in [1.54, 1.807) is 31.2 Å². The van der Waals surface area contributed by atoms with E-state index in [0.717, 1.165) is 0 Å². The number of para-hydroxylation sites is 2. The summed E-state index contributed by atoms with van der Waals surface area (Å²) < 4.78 is 11.0. The van der Waals surface area contributed by atoms with Gasteiger partial charge in [-0.25, -0.2) is 4.79 Å². The molecule has 0 bridgehead atoms. The van der Waals surface area contributed by atoms with Gasteiger partial charge in [-0.15, -0.1) is 0 Å². The molecule has 0 radical (unpaired) electrons. The van der Waals surface area contributed by atoms with Crippen molar-refractivity contribution in [1.29, 1.82) is 0 Å². The molecular formula is C20H20N2O6. The molecule has 2 aromatic carbocycles. The van der Waals surface area contributed by atoms with Crippen LogP contribution in [-0.4, -0.2) is 42.1 Å². The average Bonchev–Trinajstić information content (AvgIpc) is 2.66. The standard InChI is InChI=1S/C20H20N2O6/c1-3-27-16-7-5-4-6-14(16)21-18(23)11-22-15-9-8-13(20(25)26)10-17(15)28-12(2)19(22)24/h4-10,12H,3,11H2,1-2H3,(H,21,23)(H,25,26). The van der Waals surface area contributed by atoms with Gasteiger partial charge >= 0.3 is 5.97 Å². The van der Waals surface area contributed by atoms with Crippen molar-refractivity contribution in [3.05, 3.63) is 48.0 Å². The zero-order valence-corrected chi connectivity index (χ0v) is 15.5. The molecule has 1 aliphatic rings. The zero-order chi connectivity index (χ0) is 20.3. The first-order chi connectivity index (χ1) is 13.4. The van der Waals surface area contributed by atoms with Gasteiger partial charge in [0.2, 0.25) is 5.91 Å². The molecule has 8 heteroatoms. The summed E-state index contributed by atoms with van der Waals surface area (Å²) in [6, 6.07) is 11.2. The highest BCUT2D eigenvalue weighted by atomic mass is 16.5. The predicted molar refractivity (Wildman–Crippen MR) is 102 cm³/mol. The molecule has 8 nitrogen and oxygen atoms in total. The van der Waals surface area contributed by atoms with Gasteiger partial charge in [-0.1, -0.05) is 12.1 Å². The molecule has 2 amide bonds. The summed E-state index contributed by atoms with van der Waals surface area (Å²) in [6.45, 7) is 3.60. The number of nitrogens with zero attached hydrogens (tertiary/aromatic N) is 1. The summed E-state index contributed by atoms with van der Waals surface area (Å²) in [5.74, 6) is -1.12. The molecule has 28 heavy (non-hydrogen) atoms. The second kappa shape index (κ2) is 7.99. The number of carbonyl (C=O) groups is 3. The van der Waals surface area contributed by atoms with Gasteiger partial charge in [0.25, 0.3) is 5.91 Å². The van der Waals surface area contributed by atoms with Gasteiger partial charge < -0.3 is 19.9 Å². The molecule has 0 fully saturated rings. The number of aromatic carboxylic acids is 1. The molecule has 0 spiro atoms. The number of carboxylic acid groups (broad SMARTS) is 1. The zero-order valence-electron chi connectivity index (χ0n) is 15.5. The van der Waals surface area contributed by atoms with Gasteiger partial charge in [-0.2, -0.15) is 0 Å². The van der Waals surface area contributed by atoms with E-state index >= 15 is 0 Å². The minimum absolute atomic E-state index is 0.0374. The normalized spacial score (nSPS) is 15.4. The number of benzene rings is 2. The van der Waals surface area contributed by atoms with Crippen molar-refractivity contribution in [2.75, 3.05) is 23.4 Å². The van der Waals surface area contributed by atoms with Crippen LogP contribution >= 0.6 is 0 Å². The van der Waals surface area contributed by atoms with Gasteiger partial charge in [0.15, 0.2) is 6.10 Å². The van der Waals surface area contributed by atoms with Crippen molar-refractivity contribution in [2.24, 2.45) is 0 Å². The number of hydrogen-bond acceptors (Lipinski definition) is 5. The molecule has 146 valence electrons. The van der Waals surface area contributed by atoms with E-state index < -0.39 is 18.0 Å². The number of nitrogens with one attached hydrogen (secondary N) is 1. The molecule has 0 aromatic heterocycles. The molecule has 0 aliphatic carbocycles. The smallest absolute Gasteiger partial charge is 0.335 e. The van der Waals surface area contributed by atoms with Crippen molar-refractivity contribution < 1.29 is 29.0 Å². The summed E-state index contributed by atoms with van der Waals surface area (Å²) in [6.07, 6.45) is -0.833. The van der Waals surface area contributed by atoms with Gasteiger partial charge in [0.05, 0.1) is 23.5 Å². The van der Waals surface area contributed by atoms with Crippen molar-refractivity contribution in [2.45, 2.75) is 20.0 Å². The second-order valence-electron chi connectivity index (χ2n) is 6.15. The van der Waals surface area contributed by atoms with Gasteiger partial charge in [-0.3, -0.25) is 14.5 Å². The Bertz CT molecular complexity index is 927. The maximum absolute atomic E-state index is 12.6. The third-order valence-electron chi connectivity index (χ3n) is 4.18. The van der Waals surface area contributed by atoms with Crippen LogP contribution in [0.1, 0.15) is 24.2 Å². The Kier molecular flexibility index (Phi) is 5.49. The minimum Gasteiger partial charge on any atom is -0.492 e. The quantitative estimate of drug-likeness (QED) is 0.793. The predicted octanol–water partition coefficient (Wildman–Crippen LogP) is 2.54. The number of amides is 2. The first-order valence-corrected chi connectivity index (χ1v) is 8.77. The Morgan fingerprint density at radius 1 is 1.25 bits per heavy atom. The topological polar surface area (TPSA) is 105 Å². The fourth-order valence-electron chi connectivity index (χ4n) is 2.89. The largest absolute Gasteiger partial charge is 0.492 e. The maximum atomic E-state index is 12.6. The number of anilines is 2. The van der Waals surface area contributed by atoms with Crippen molar-refractivity contribution in [1.82, 2.24) is 0 Å². The van der Waals surface area contributed by atoms with Crippen LogP contribution < -0.4 is 19.7 Å². The molecule has 1 atom stereocenters. The van der Waals surface area contributed by atoms with Gasteiger partial charge in [-0.05, 0) is 44.2 Å². The highest BCUT2D eigenvalue weighted by Crippen LogP contribution is 2.35. The molecule has 1 unspecified atom stereocenters. The number of fused-ring (bicyclic) bond motifs is 1. The molecule has 3 rings (SSSR count). The SMILES string of the molecule is CCOc1ccccc1NC(=O)CN1C(=O)C(C)Oc2cc(C(=O)O)ccc21. The van der Waals surface area contributed by atoms with Gasteiger partial charge in [0, 0.05) is 0 Å². The number of rotatable bonds is 6. The number of ether oxygens (including phenoxy) is 2. The molecule has 1 aliphatic heterocycles. The fraction of sp³-hybridized carbons (Fsp3) is 0.250. The highest BCUT2D eigenvalue weighted by Gasteiger charge is 2.33. The lowest BCUT2D eigenvalue weighted by Gasteiger charge is -2.32. The summed E-state index contributed by atoms with van der Waals surface area (Å²) in [7, 11) is 0. The van der Waals surface area contributed by atoms with E-state index in [1.807, 2.05) is 6.92 Å². The molecule has 2 aromatic rings. The number of carboxylic acids is 1. The van der Waals surface area contributed by atoms with E-state index in [2.05, 4.69) is 5.32 Å². The van der Waals surface area contributed by atoms with Crippen LogP contribution in [0.2, 0.25) is 0 Å². The Hall–Kier alpha value is -3.55. The first-order valence-electron chi connectivity index (χ1n) is 8.77. The summed E-state index contributed by atoms with van der Waals surface area (Å²) >= 11 is 0. The second-order valence-corrected chi connectivity index (χ2v) is 6.15. The van der Waals surface area contributed by atoms with Crippen LogP contribution in [0.15, 0.2) is 42.5 Å². The van der Waals surface area contributed by atoms with E-state index in [0.29, 0.717) is 23.7 Å². The third-order valence-corrected chi connectivity index (χ3v) is 4.18. The molecular weight excluding hydrogens is 364 g/mol. The minimum atomic E-state index is -1.10. The maximum Gasteiger partial charge on any atom is 0.335 e. The van der Waals surface area contributed by atoms with Crippen LogP contribution in [0.5, 0.6) is 11.5 Å². The van der Waals surface area contributed by atoms with Crippen LogP contribution in [-0.2, 0) is 9.59 Å². The monoisotopic (exact) mass is 384 g/mol. The van der Waals surface area contributed by atoms with E-state index in [1.165, 1.54) is 23.1 Å². The van der Waals surface area contributed by atoms with Crippen LogP contribution in [0.25, 0.3) is 0 Å². The summed E-state index contributed by atoms with van der Waals surface area (Å²) in [5.41, 5.74) is 0.890. The Morgan fingerprint density at radius 2 is 2.00 bits per heavy atom. The van der Waals surface area contributed by atoms with E-state index in [-0.39, 0.29) is 23.8 Å². The lowest BCUT2D eigenvalue weighted by atomic mass is 10.1. The fourth-order valence-corrected chi connectivity index (χ4v) is 2.89. The molecule has 1 heterocycles. The lowest BCUT2D eigenvalue weighted by Crippen LogP contribution is -2.47. The van der Waals surface area contributed by atoms with Crippen LogP contribution in [0, 0.1) is 0 Å². The van der Waals surface area contributed by atoms with Crippen LogP contribution in [0.3, 0.4) is 0 Å². The van der Waals surface area contributed by atoms with Crippen molar-refractivity contribution >= 4 is 29.2 Å². The summed E-state index contributed by atoms with van der Waals surface area (Å²) in [4.78, 5) is 37.6. The molecule has 0 saturated carbocycles. The first kappa shape index (κ1) is 19.2. The van der Waals surface area contributed by atoms with Gasteiger partial charge in [0.1, 0.15) is 18.0 Å². The van der Waals surface area contributed by atoms with E-state index in [4.69, 9.17) is 14.6 Å². The Labute approximate surface area is 161 Å². The number of carbonyl (C=O) groups excluding carboxylic acids is 2. The number of hydrogen-bond donors (Lipinski definition) is 2. The molecule has 0 saturated heterocycles. The highest BCUT2D eigenvalue weighted by molar-refractivity contribution is 6.06. The summed E-state index contributed by atoms with van der Waals surface area (Å²) in [5, 5.41) is 11.9. The lowest BCUT2D eigenvalue weighted by molar-refractivity contribution is -0.127. The Balaban J connectivity index is 1.83. The van der Waals surface area contributed by atoms with Crippen LogP contribution in [0.4, 0.5) is 11.4 Å².